The zero-order valence-corrected chi connectivity index (χ0v) is 12.1. The number of halogens is 2. The molecule has 5 nitrogen and oxygen atoms in total. The van der Waals surface area contributed by atoms with E-state index in [1.807, 2.05) is 0 Å². The van der Waals surface area contributed by atoms with E-state index in [4.69, 9.17) is 0 Å². The number of imidazole rings is 1. The number of H-pyrrole nitrogens is 2. The maximum atomic E-state index is 13.2. The molecule has 0 bridgehead atoms. The summed E-state index contributed by atoms with van der Waals surface area (Å²) in [6.45, 7) is 0. The number of aromatic amines is 2. The summed E-state index contributed by atoms with van der Waals surface area (Å²) in [4.78, 5) is 28.5. The highest BCUT2D eigenvalue weighted by atomic mass is 79.9. The smallest absolute Gasteiger partial charge is 0.322 e. The molecule has 0 aliphatic carbocycles. The van der Waals surface area contributed by atoms with Crippen molar-refractivity contribution in [2.75, 3.05) is 5.32 Å². The van der Waals surface area contributed by atoms with Gasteiger partial charge in [0.25, 0.3) is 5.91 Å². The lowest BCUT2D eigenvalue weighted by molar-refractivity contribution is 0.102. The largest absolute Gasteiger partial charge is 0.323 e. The van der Waals surface area contributed by atoms with Gasteiger partial charge in [-0.1, -0.05) is 0 Å². The number of carbonyl (C=O) groups excluding carboxylic acids is 1. The molecule has 1 amide bonds. The van der Waals surface area contributed by atoms with Gasteiger partial charge in [0.2, 0.25) is 0 Å². The van der Waals surface area contributed by atoms with Crippen LogP contribution in [0, 0.1) is 5.82 Å². The summed E-state index contributed by atoms with van der Waals surface area (Å²) in [5.41, 5.74) is 1.80. The summed E-state index contributed by atoms with van der Waals surface area (Å²) < 4.78 is 13.4. The Balaban J connectivity index is 1.88. The van der Waals surface area contributed by atoms with Gasteiger partial charge >= 0.3 is 5.69 Å². The normalized spacial score (nSPS) is 10.8. The number of fused-ring (bicyclic) bond motifs is 1. The summed E-state index contributed by atoms with van der Waals surface area (Å²) in [7, 11) is 0. The van der Waals surface area contributed by atoms with Crippen molar-refractivity contribution in [3.63, 3.8) is 0 Å². The predicted octanol–water partition coefficient (Wildman–Crippen LogP) is 3.01. The third-order valence-electron chi connectivity index (χ3n) is 2.96. The van der Waals surface area contributed by atoms with Crippen molar-refractivity contribution in [3.8, 4) is 0 Å². The van der Waals surface area contributed by atoms with Gasteiger partial charge in [-0.3, -0.25) is 4.79 Å². The number of benzene rings is 2. The highest BCUT2D eigenvalue weighted by Crippen LogP contribution is 2.19. The summed E-state index contributed by atoms with van der Waals surface area (Å²) >= 11 is 3.04. The third-order valence-corrected chi connectivity index (χ3v) is 3.56. The van der Waals surface area contributed by atoms with Crippen LogP contribution in [0.5, 0.6) is 0 Å². The molecule has 0 aliphatic heterocycles. The fourth-order valence-corrected chi connectivity index (χ4v) is 2.33. The molecule has 0 aliphatic rings. The second-order valence-electron chi connectivity index (χ2n) is 4.42. The van der Waals surface area contributed by atoms with Gasteiger partial charge in [-0.15, -0.1) is 0 Å². The van der Waals surface area contributed by atoms with Gasteiger partial charge in [0.1, 0.15) is 5.82 Å². The molecule has 21 heavy (non-hydrogen) atoms. The third kappa shape index (κ3) is 2.73. The van der Waals surface area contributed by atoms with Crippen molar-refractivity contribution in [2.24, 2.45) is 0 Å². The quantitative estimate of drug-likeness (QED) is 0.664. The fourth-order valence-electron chi connectivity index (χ4n) is 1.95. The van der Waals surface area contributed by atoms with E-state index >= 15 is 0 Å². The molecule has 3 rings (SSSR count). The lowest BCUT2D eigenvalue weighted by Gasteiger charge is -2.06. The standard InChI is InChI=1S/C14H9BrFN3O2/c15-9-5-7(1-3-10(9)16)13(20)17-8-2-4-11-12(6-8)19-14(21)18-11/h1-6H,(H,17,20)(H2,18,19,21). The van der Waals surface area contributed by atoms with Crippen LogP contribution >= 0.6 is 15.9 Å². The second kappa shape index (κ2) is 5.17. The van der Waals surface area contributed by atoms with Crippen molar-refractivity contribution in [3.05, 3.63) is 62.7 Å². The van der Waals surface area contributed by atoms with Gasteiger partial charge in [-0.25, -0.2) is 9.18 Å². The number of hydrogen-bond donors (Lipinski definition) is 3. The van der Waals surface area contributed by atoms with Crippen LogP contribution in [-0.2, 0) is 0 Å². The number of rotatable bonds is 2. The zero-order chi connectivity index (χ0) is 15.0. The molecule has 0 saturated heterocycles. The van der Waals surface area contributed by atoms with E-state index in [1.165, 1.54) is 18.2 Å². The first kappa shape index (κ1) is 13.6. The Morgan fingerprint density at radius 1 is 1.10 bits per heavy atom. The van der Waals surface area contributed by atoms with Crippen LogP contribution in [0.15, 0.2) is 45.7 Å². The Morgan fingerprint density at radius 2 is 1.86 bits per heavy atom. The van der Waals surface area contributed by atoms with E-state index in [0.717, 1.165) is 0 Å². The van der Waals surface area contributed by atoms with Crippen LogP contribution in [0.1, 0.15) is 10.4 Å². The molecule has 106 valence electrons. The maximum absolute atomic E-state index is 13.2. The second-order valence-corrected chi connectivity index (χ2v) is 5.28. The van der Waals surface area contributed by atoms with Crippen LogP contribution in [-0.4, -0.2) is 15.9 Å². The van der Waals surface area contributed by atoms with E-state index in [-0.39, 0.29) is 16.1 Å². The minimum atomic E-state index is -0.433. The Kier molecular flexibility index (Phi) is 3.34. The average molecular weight is 350 g/mol. The van der Waals surface area contributed by atoms with E-state index in [1.54, 1.807) is 18.2 Å². The van der Waals surface area contributed by atoms with Crippen LogP contribution in [0.25, 0.3) is 11.0 Å². The van der Waals surface area contributed by atoms with Crippen LogP contribution in [0.3, 0.4) is 0 Å². The summed E-state index contributed by atoms with van der Waals surface area (Å²) in [5, 5.41) is 2.69. The number of carbonyl (C=O) groups is 1. The Hall–Kier alpha value is -2.41. The number of nitrogens with one attached hydrogen (secondary N) is 3. The van der Waals surface area contributed by atoms with Gasteiger partial charge in [-0.05, 0) is 52.3 Å². The molecule has 1 aromatic heterocycles. The molecule has 0 atom stereocenters. The first-order valence-electron chi connectivity index (χ1n) is 6.01. The molecule has 0 fully saturated rings. The van der Waals surface area contributed by atoms with Gasteiger partial charge in [-0.2, -0.15) is 0 Å². The number of aromatic nitrogens is 2. The number of hydrogen-bond acceptors (Lipinski definition) is 2. The highest BCUT2D eigenvalue weighted by molar-refractivity contribution is 9.10. The predicted molar refractivity (Wildman–Crippen MR) is 81.0 cm³/mol. The van der Waals surface area contributed by atoms with Crippen LogP contribution in [0.2, 0.25) is 0 Å². The minimum absolute atomic E-state index is 0.223. The molecule has 2 aromatic carbocycles. The molecule has 3 aromatic rings. The van der Waals surface area contributed by atoms with Gasteiger partial charge in [0.15, 0.2) is 0 Å². The maximum Gasteiger partial charge on any atom is 0.323 e. The molecule has 1 heterocycles. The van der Waals surface area contributed by atoms with Gasteiger partial charge in [0, 0.05) is 11.3 Å². The minimum Gasteiger partial charge on any atom is -0.322 e. The van der Waals surface area contributed by atoms with Crippen LogP contribution < -0.4 is 11.0 Å². The Morgan fingerprint density at radius 3 is 2.62 bits per heavy atom. The fraction of sp³-hybridized carbons (Fsp3) is 0. The average Bonchev–Trinajstić information content (AvgIpc) is 2.81. The molecule has 3 N–H and O–H groups in total. The van der Waals surface area contributed by atoms with E-state index < -0.39 is 5.82 Å². The Bertz CT molecular complexity index is 901. The SMILES string of the molecule is O=C(Nc1ccc2[nH]c(=O)[nH]c2c1)c1ccc(F)c(Br)c1. The van der Waals surface area contributed by atoms with Crippen LogP contribution in [0.4, 0.5) is 10.1 Å². The summed E-state index contributed by atoms with van der Waals surface area (Å²) in [6, 6.07) is 9.01. The van der Waals surface area contributed by atoms with E-state index in [2.05, 4.69) is 31.2 Å². The Labute approximate surface area is 126 Å². The summed E-state index contributed by atoms with van der Waals surface area (Å²) in [6.07, 6.45) is 0. The summed E-state index contributed by atoms with van der Waals surface area (Å²) in [5.74, 6) is -0.800. The zero-order valence-electron chi connectivity index (χ0n) is 10.5. The molecule has 0 radical (unpaired) electrons. The van der Waals surface area contributed by atoms with E-state index in [9.17, 15) is 14.0 Å². The van der Waals surface area contributed by atoms with Gasteiger partial charge < -0.3 is 15.3 Å². The molecule has 7 heteroatoms. The highest BCUT2D eigenvalue weighted by Gasteiger charge is 2.09. The molecule has 0 spiro atoms. The van der Waals surface area contributed by atoms with Crippen molar-refractivity contribution in [2.45, 2.75) is 0 Å². The van der Waals surface area contributed by atoms with Gasteiger partial charge in [0.05, 0.1) is 15.5 Å². The number of amides is 1. The molecular weight excluding hydrogens is 341 g/mol. The first-order valence-corrected chi connectivity index (χ1v) is 6.81. The topological polar surface area (TPSA) is 77.8 Å². The van der Waals surface area contributed by atoms with Crippen molar-refractivity contribution >= 4 is 38.6 Å². The van der Waals surface area contributed by atoms with Crippen molar-refractivity contribution in [1.82, 2.24) is 9.97 Å². The molecular formula is C14H9BrFN3O2. The lowest BCUT2D eigenvalue weighted by atomic mass is 10.2. The lowest BCUT2D eigenvalue weighted by Crippen LogP contribution is -2.11. The monoisotopic (exact) mass is 349 g/mol. The van der Waals surface area contributed by atoms with Crippen molar-refractivity contribution in [1.29, 1.82) is 0 Å². The number of anilines is 1. The molecule has 0 saturated carbocycles. The van der Waals surface area contributed by atoms with Crippen molar-refractivity contribution < 1.29 is 9.18 Å². The molecule has 0 unspecified atom stereocenters. The van der Waals surface area contributed by atoms with E-state index in [0.29, 0.717) is 22.3 Å². The first-order chi connectivity index (χ1) is 10.0.